The summed E-state index contributed by atoms with van der Waals surface area (Å²) in [6, 6.07) is 3.60. The molecule has 2 aromatic rings. The number of rotatable bonds is 4. The number of aromatic nitrogens is 2. The van der Waals surface area contributed by atoms with Crippen LogP contribution in [0.25, 0.3) is 17.1 Å². The van der Waals surface area contributed by atoms with E-state index < -0.39 is 53.1 Å². The Morgan fingerprint density at radius 3 is 2.65 bits per heavy atom. The second-order valence-corrected chi connectivity index (χ2v) is 14.6. The standard InChI is InChI=1S/C35H48N4O7/c1-20(2)19-44-32(41)28-21(3)27-18-39(28)31(40)29(34(4,5)6)38-33(42)46-35(7)17-22(35)12-10-9-11-13-25-30(45-27)37-26-16-23(43-8)14-15-24(26)36-25/h11,13-16,20-22,27-29H,9-10,12,17-19H2,1-8H3,(H,38,42)/b13-11+/t21?,22-,27-,28-,29+,35-/m0/s1. The summed E-state index contributed by atoms with van der Waals surface area (Å²) in [5, 5.41) is 2.86. The Morgan fingerprint density at radius 2 is 1.96 bits per heavy atom. The summed E-state index contributed by atoms with van der Waals surface area (Å²) < 4.78 is 23.6. The van der Waals surface area contributed by atoms with Crippen LogP contribution in [0.15, 0.2) is 24.3 Å². The number of amides is 2. The van der Waals surface area contributed by atoms with E-state index in [0.717, 1.165) is 25.7 Å². The number of nitrogens with one attached hydrogen (secondary N) is 1. The number of methoxy groups -OCH3 is 1. The molecule has 11 heteroatoms. The van der Waals surface area contributed by atoms with Crippen LogP contribution in [0, 0.1) is 23.2 Å². The van der Waals surface area contributed by atoms with Crippen LogP contribution in [-0.2, 0) is 19.1 Å². The SMILES string of the molecule is COc1ccc2nc3c(nc2c1)O[C@H]1CN(C(=O)[C@H](C(C)(C)C)NC(=O)O[C@@]2(C)C[C@@H]2CCC/C=C/3)[C@H](C(=O)OCC(C)C)C1C. The molecule has 2 aliphatic heterocycles. The van der Waals surface area contributed by atoms with Gasteiger partial charge in [0.2, 0.25) is 11.8 Å². The molecule has 1 saturated heterocycles. The molecule has 1 aliphatic carbocycles. The molecular formula is C35H48N4O7. The Hall–Kier alpha value is -3.89. The number of hydrogen-bond donors (Lipinski definition) is 1. The van der Waals surface area contributed by atoms with Crippen LogP contribution in [0.1, 0.15) is 79.8 Å². The van der Waals surface area contributed by atoms with Gasteiger partial charge in [-0.1, -0.05) is 47.6 Å². The van der Waals surface area contributed by atoms with Gasteiger partial charge in [0, 0.05) is 17.9 Å². The maximum absolute atomic E-state index is 14.4. The Labute approximate surface area is 271 Å². The third-order valence-electron chi connectivity index (χ3n) is 9.26. The predicted molar refractivity (Wildman–Crippen MR) is 173 cm³/mol. The maximum Gasteiger partial charge on any atom is 0.408 e. The van der Waals surface area contributed by atoms with E-state index in [1.165, 1.54) is 4.90 Å². The molecule has 1 unspecified atom stereocenters. The molecule has 6 atom stereocenters. The first-order chi connectivity index (χ1) is 21.7. The zero-order valence-corrected chi connectivity index (χ0v) is 28.3. The minimum Gasteiger partial charge on any atom is -0.497 e. The Bertz CT molecular complexity index is 1500. The van der Waals surface area contributed by atoms with Gasteiger partial charge in [0.05, 0.1) is 31.3 Å². The van der Waals surface area contributed by atoms with Gasteiger partial charge in [0.25, 0.3) is 0 Å². The average Bonchev–Trinajstić information content (AvgIpc) is 3.50. The van der Waals surface area contributed by atoms with Gasteiger partial charge in [0.1, 0.15) is 35.2 Å². The summed E-state index contributed by atoms with van der Waals surface area (Å²) in [6.07, 6.45) is 6.11. The van der Waals surface area contributed by atoms with Gasteiger partial charge in [-0.3, -0.25) is 4.79 Å². The highest BCUT2D eigenvalue weighted by Gasteiger charge is 2.54. The fraction of sp³-hybridized carbons (Fsp3) is 0.629. The van der Waals surface area contributed by atoms with E-state index in [-0.39, 0.29) is 25.0 Å². The minimum absolute atomic E-state index is 0.0888. The lowest BCUT2D eigenvalue weighted by Gasteiger charge is -2.35. The highest BCUT2D eigenvalue weighted by atomic mass is 16.6. The van der Waals surface area contributed by atoms with Gasteiger partial charge >= 0.3 is 12.1 Å². The third-order valence-corrected chi connectivity index (χ3v) is 9.26. The van der Waals surface area contributed by atoms with Crippen LogP contribution in [0.5, 0.6) is 11.6 Å². The summed E-state index contributed by atoms with van der Waals surface area (Å²) in [4.78, 5) is 52.4. The lowest BCUT2D eigenvalue weighted by Crippen LogP contribution is -2.57. The normalized spacial score (nSPS) is 29.4. The Morgan fingerprint density at radius 1 is 1.20 bits per heavy atom. The van der Waals surface area contributed by atoms with Crippen molar-refractivity contribution in [2.45, 2.75) is 97.9 Å². The number of ether oxygens (including phenoxy) is 4. The second kappa shape index (κ2) is 13.1. The van der Waals surface area contributed by atoms with Crippen LogP contribution in [0.2, 0.25) is 0 Å². The van der Waals surface area contributed by atoms with Gasteiger partial charge in [0.15, 0.2) is 0 Å². The molecule has 250 valence electrons. The van der Waals surface area contributed by atoms with Gasteiger partial charge in [-0.05, 0) is 62.1 Å². The fourth-order valence-electron chi connectivity index (χ4n) is 6.32. The molecule has 1 saturated carbocycles. The number of hydrogen-bond acceptors (Lipinski definition) is 9. The maximum atomic E-state index is 14.4. The monoisotopic (exact) mass is 636 g/mol. The van der Waals surface area contributed by atoms with E-state index >= 15 is 0 Å². The molecule has 3 heterocycles. The van der Waals surface area contributed by atoms with Crippen molar-refractivity contribution in [2.24, 2.45) is 23.2 Å². The van der Waals surface area contributed by atoms with Crippen molar-refractivity contribution in [3.05, 3.63) is 30.0 Å². The molecule has 1 aromatic carbocycles. The highest BCUT2D eigenvalue weighted by molar-refractivity contribution is 5.91. The number of nitrogens with zero attached hydrogens (tertiary/aromatic N) is 3. The molecule has 0 spiro atoms. The van der Waals surface area contributed by atoms with Crippen LogP contribution >= 0.6 is 0 Å². The van der Waals surface area contributed by atoms with E-state index in [9.17, 15) is 14.4 Å². The summed E-state index contributed by atoms with van der Waals surface area (Å²) in [6.45, 7) is 13.7. The predicted octanol–water partition coefficient (Wildman–Crippen LogP) is 5.55. The fourth-order valence-corrected chi connectivity index (χ4v) is 6.32. The first-order valence-electron chi connectivity index (χ1n) is 16.4. The van der Waals surface area contributed by atoms with E-state index in [2.05, 4.69) is 11.4 Å². The first-order valence-corrected chi connectivity index (χ1v) is 16.4. The zero-order chi connectivity index (χ0) is 33.4. The van der Waals surface area contributed by atoms with E-state index in [0.29, 0.717) is 28.4 Å². The highest BCUT2D eigenvalue weighted by Crippen LogP contribution is 2.49. The smallest absolute Gasteiger partial charge is 0.408 e. The average molecular weight is 637 g/mol. The third kappa shape index (κ3) is 7.23. The van der Waals surface area contributed by atoms with Crippen molar-refractivity contribution in [3.63, 3.8) is 0 Å². The Kier molecular flexibility index (Phi) is 9.52. The number of benzene rings is 1. The van der Waals surface area contributed by atoms with Crippen LogP contribution < -0.4 is 14.8 Å². The topological polar surface area (TPSA) is 129 Å². The number of alkyl carbamates (subject to hydrolysis) is 1. The molecule has 5 rings (SSSR count). The van der Waals surface area contributed by atoms with E-state index in [1.54, 1.807) is 13.2 Å². The molecule has 2 bridgehead atoms. The van der Waals surface area contributed by atoms with Crippen LogP contribution in [0.3, 0.4) is 0 Å². The molecular weight excluding hydrogens is 588 g/mol. The molecule has 1 N–H and O–H groups in total. The number of esters is 1. The second-order valence-electron chi connectivity index (χ2n) is 14.6. The quantitative estimate of drug-likeness (QED) is 0.430. The van der Waals surface area contributed by atoms with Crippen molar-refractivity contribution >= 4 is 35.1 Å². The van der Waals surface area contributed by atoms with Gasteiger partial charge in [-0.25, -0.2) is 19.6 Å². The first kappa shape index (κ1) is 33.5. The van der Waals surface area contributed by atoms with Crippen LogP contribution in [-0.4, -0.2) is 76.9 Å². The summed E-state index contributed by atoms with van der Waals surface area (Å²) >= 11 is 0. The molecule has 0 radical (unpaired) electrons. The summed E-state index contributed by atoms with van der Waals surface area (Å²) in [5.41, 5.74) is 0.595. The molecule has 2 fully saturated rings. The largest absolute Gasteiger partial charge is 0.497 e. The lowest BCUT2D eigenvalue weighted by atomic mass is 9.85. The van der Waals surface area contributed by atoms with Crippen molar-refractivity contribution in [3.8, 4) is 11.6 Å². The number of fused-ring (bicyclic) bond motifs is 5. The molecule has 46 heavy (non-hydrogen) atoms. The van der Waals surface area contributed by atoms with Gasteiger partial charge in [-0.15, -0.1) is 0 Å². The summed E-state index contributed by atoms with van der Waals surface area (Å²) in [5.74, 6) is -0.0604. The van der Waals surface area contributed by atoms with Crippen molar-refractivity contribution in [1.82, 2.24) is 20.2 Å². The molecule has 2 amide bonds. The van der Waals surface area contributed by atoms with E-state index in [1.807, 2.05) is 66.7 Å². The molecule has 1 aromatic heterocycles. The number of carbonyl (C=O) groups excluding carboxylic acids is 3. The number of allylic oxidation sites excluding steroid dienone is 1. The zero-order valence-electron chi connectivity index (χ0n) is 28.3. The van der Waals surface area contributed by atoms with E-state index in [4.69, 9.17) is 28.9 Å². The summed E-state index contributed by atoms with van der Waals surface area (Å²) in [7, 11) is 1.59. The van der Waals surface area contributed by atoms with Crippen molar-refractivity contribution in [1.29, 1.82) is 0 Å². The van der Waals surface area contributed by atoms with Crippen molar-refractivity contribution in [2.75, 3.05) is 20.3 Å². The number of carbonyl (C=O) groups is 3. The molecule has 3 aliphatic rings. The lowest BCUT2D eigenvalue weighted by molar-refractivity contribution is -0.156. The van der Waals surface area contributed by atoms with Gasteiger partial charge in [-0.2, -0.15) is 0 Å². The minimum atomic E-state index is -0.961. The Balaban J connectivity index is 1.56. The molecule has 11 nitrogen and oxygen atoms in total. The van der Waals surface area contributed by atoms with Crippen LogP contribution in [0.4, 0.5) is 4.79 Å². The van der Waals surface area contributed by atoms with Crippen molar-refractivity contribution < 1.29 is 33.3 Å². The van der Waals surface area contributed by atoms with Gasteiger partial charge < -0.3 is 29.2 Å².